The second-order valence-corrected chi connectivity index (χ2v) is 7.25. The molecule has 2 N–H and O–H groups in total. The standard InChI is InChI=1S/C16H23N3O3S/c1-10(2)8-19(9-13-11(3)6-7-23-13)14(20)5-4-12-15(21)18-16(22)17-12/h6-7,10,12H,4-5,8-9H2,1-3H3,(H2,17,18,21,22)/t12-/m1/s1. The lowest BCUT2D eigenvalue weighted by Crippen LogP contribution is -2.36. The second-order valence-electron chi connectivity index (χ2n) is 6.25. The van der Waals surface area contributed by atoms with Gasteiger partial charge in [-0.15, -0.1) is 11.3 Å². The highest BCUT2D eigenvalue weighted by Gasteiger charge is 2.30. The zero-order valence-electron chi connectivity index (χ0n) is 13.7. The molecule has 0 bridgehead atoms. The van der Waals surface area contributed by atoms with E-state index in [1.165, 1.54) is 10.4 Å². The molecule has 1 fully saturated rings. The van der Waals surface area contributed by atoms with Crippen LogP contribution in [0.25, 0.3) is 0 Å². The van der Waals surface area contributed by atoms with Gasteiger partial charge in [-0.1, -0.05) is 13.8 Å². The number of nitrogens with zero attached hydrogens (tertiary/aromatic N) is 1. The third-order valence-corrected chi connectivity index (χ3v) is 4.75. The second kappa shape index (κ2) is 7.59. The van der Waals surface area contributed by atoms with Gasteiger partial charge in [-0.25, -0.2) is 4.79 Å². The fraction of sp³-hybridized carbons (Fsp3) is 0.562. The summed E-state index contributed by atoms with van der Waals surface area (Å²) in [6.07, 6.45) is 0.573. The summed E-state index contributed by atoms with van der Waals surface area (Å²) < 4.78 is 0. The summed E-state index contributed by atoms with van der Waals surface area (Å²) in [5.41, 5.74) is 1.19. The molecule has 1 atom stereocenters. The number of rotatable bonds is 7. The van der Waals surface area contributed by atoms with Crippen LogP contribution in [0.1, 0.15) is 37.1 Å². The van der Waals surface area contributed by atoms with Crippen LogP contribution in [-0.4, -0.2) is 35.3 Å². The van der Waals surface area contributed by atoms with E-state index < -0.39 is 12.1 Å². The Balaban J connectivity index is 1.95. The van der Waals surface area contributed by atoms with Crippen molar-refractivity contribution < 1.29 is 14.4 Å². The van der Waals surface area contributed by atoms with Crippen LogP contribution in [0.3, 0.4) is 0 Å². The van der Waals surface area contributed by atoms with E-state index in [0.29, 0.717) is 25.4 Å². The van der Waals surface area contributed by atoms with Crippen molar-refractivity contribution in [2.45, 2.75) is 46.2 Å². The van der Waals surface area contributed by atoms with Crippen LogP contribution in [0.4, 0.5) is 4.79 Å². The van der Waals surface area contributed by atoms with E-state index in [0.717, 1.165) is 0 Å². The highest BCUT2D eigenvalue weighted by Crippen LogP contribution is 2.19. The van der Waals surface area contributed by atoms with Crippen molar-refractivity contribution >= 4 is 29.2 Å². The van der Waals surface area contributed by atoms with Crippen LogP contribution >= 0.6 is 11.3 Å². The van der Waals surface area contributed by atoms with Crippen molar-refractivity contribution in [2.75, 3.05) is 6.54 Å². The first kappa shape index (κ1) is 17.5. The average Bonchev–Trinajstić information content (AvgIpc) is 3.00. The molecule has 23 heavy (non-hydrogen) atoms. The van der Waals surface area contributed by atoms with Crippen LogP contribution in [0.2, 0.25) is 0 Å². The lowest BCUT2D eigenvalue weighted by Gasteiger charge is -2.25. The van der Waals surface area contributed by atoms with Crippen molar-refractivity contribution in [2.24, 2.45) is 5.92 Å². The van der Waals surface area contributed by atoms with Crippen molar-refractivity contribution in [1.82, 2.24) is 15.5 Å². The molecule has 1 saturated heterocycles. The number of aryl methyl sites for hydroxylation is 1. The predicted molar refractivity (Wildman–Crippen MR) is 89.0 cm³/mol. The van der Waals surface area contributed by atoms with E-state index in [-0.39, 0.29) is 18.2 Å². The fourth-order valence-electron chi connectivity index (χ4n) is 2.52. The summed E-state index contributed by atoms with van der Waals surface area (Å²) in [4.78, 5) is 38.2. The SMILES string of the molecule is Cc1ccsc1CN(CC(C)C)C(=O)CC[C@H]1NC(=O)NC1=O. The maximum Gasteiger partial charge on any atom is 0.322 e. The molecule has 1 aromatic heterocycles. The third kappa shape index (κ3) is 4.79. The van der Waals surface area contributed by atoms with Gasteiger partial charge in [-0.05, 0) is 36.3 Å². The Labute approximate surface area is 140 Å². The van der Waals surface area contributed by atoms with E-state index in [1.807, 2.05) is 17.2 Å². The third-order valence-electron chi connectivity index (χ3n) is 3.75. The van der Waals surface area contributed by atoms with Crippen molar-refractivity contribution in [3.05, 3.63) is 21.9 Å². The first-order chi connectivity index (χ1) is 10.9. The van der Waals surface area contributed by atoms with Gasteiger partial charge in [0, 0.05) is 17.8 Å². The van der Waals surface area contributed by atoms with E-state index in [4.69, 9.17) is 0 Å². The fourth-order valence-corrected chi connectivity index (χ4v) is 3.44. The number of amides is 4. The monoisotopic (exact) mass is 337 g/mol. The topological polar surface area (TPSA) is 78.5 Å². The molecule has 1 aliphatic heterocycles. The normalized spacial score (nSPS) is 17.3. The number of carbonyl (C=O) groups excluding carboxylic acids is 3. The van der Waals surface area contributed by atoms with Crippen LogP contribution < -0.4 is 10.6 Å². The molecule has 6 nitrogen and oxygen atoms in total. The molecular formula is C16H23N3O3S. The van der Waals surface area contributed by atoms with Gasteiger partial charge in [-0.2, -0.15) is 0 Å². The number of hydrogen-bond acceptors (Lipinski definition) is 4. The minimum atomic E-state index is -0.601. The molecule has 0 unspecified atom stereocenters. The molecule has 0 aromatic carbocycles. The molecule has 126 valence electrons. The average molecular weight is 337 g/mol. The molecule has 0 aliphatic carbocycles. The Morgan fingerprint density at radius 1 is 1.39 bits per heavy atom. The van der Waals surface area contributed by atoms with Gasteiger partial charge in [0.2, 0.25) is 5.91 Å². The smallest absolute Gasteiger partial charge is 0.322 e. The molecule has 0 radical (unpaired) electrons. The van der Waals surface area contributed by atoms with Crippen LogP contribution in [-0.2, 0) is 16.1 Å². The van der Waals surface area contributed by atoms with E-state index in [9.17, 15) is 14.4 Å². The largest absolute Gasteiger partial charge is 0.337 e. The Morgan fingerprint density at radius 2 is 2.13 bits per heavy atom. The number of thiophene rings is 1. The van der Waals surface area contributed by atoms with Gasteiger partial charge < -0.3 is 10.2 Å². The van der Waals surface area contributed by atoms with Crippen molar-refractivity contribution in [1.29, 1.82) is 0 Å². The van der Waals surface area contributed by atoms with Crippen molar-refractivity contribution in [3.8, 4) is 0 Å². The molecule has 0 spiro atoms. The number of nitrogens with one attached hydrogen (secondary N) is 2. The number of imide groups is 1. The van der Waals surface area contributed by atoms with Gasteiger partial charge >= 0.3 is 6.03 Å². The summed E-state index contributed by atoms with van der Waals surface area (Å²) in [7, 11) is 0. The zero-order valence-corrected chi connectivity index (χ0v) is 14.5. The Morgan fingerprint density at radius 3 is 2.65 bits per heavy atom. The van der Waals surface area contributed by atoms with Gasteiger partial charge in [0.25, 0.3) is 5.91 Å². The van der Waals surface area contributed by atoms with Crippen LogP contribution in [0.15, 0.2) is 11.4 Å². The minimum Gasteiger partial charge on any atom is -0.337 e. The highest BCUT2D eigenvalue weighted by atomic mass is 32.1. The molecule has 2 rings (SSSR count). The quantitative estimate of drug-likeness (QED) is 0.747. The Hall–Kier alpha value is -1.89. The van der Waals surface area contributed by atoms with E-state index in [1.54, 1.807) is 11.3 Å². The number of carbonyl (C=O) groups is 3. The van der Waals surface area contributed by atoms with Crippen LogP contribution in [0.5, 0.6) is 0 Å². The lowest BCUT2D eigenvalue weighted by molar-refractivity contribution is -0.132. The first-order valence-electron chi connectivity index (χ1n) is 7.79. The maximum atomic E-state index is 12.5. The molecule has 4 amide bonds. The zero-order chi connectivity index (χ0) is 17.0. The number of urea groups is 1. The number of hydrogen-bond donors (Lipinski definition) is 2. The van der Waals surface area contributed by atoms with E-state index >= 15 is 0 Å². The molecular weight excluding hydrogens is 314 g/mol. The molecule has 7 heteroatoms. The summed E-state index contributed by atoms with van der Waals surface area (Å²) in [6.45, 7) is 7.48. The highest BCUT2D eigenvalue weighted by molar-refractivity contribution is 7.10. The Kier molecular flexibility index (Phi) is 5.76. The molecule has 2 heterocycles. The summed E-state index contributed by atoms with van der Waals surface area (Å²) in [6, 6.07) is 0.965. The first-order valence-corrected chi connectivity index (χ1v) is 8.67. The maximum absolute atomic E-state index is 12.5. The van der Waals surface area contributed by atoms with Gasteiger partial charge in [0.1, 0.15) is 6.04 Å². The summed E-state index contributed by atoms with van der Waals surface area (Å²) in [5, 5.41) is 6.74. The molecule has 1 aromatic rings. The minimum absolute atomic E-state index is 0.0143. The van der Waals surface area contributed by atoms with Gasteiger partial charge in [-0.3, -0.25) is 14.9 Å². The summed E-state index contributed by atoms with van der Waals surface area (Å²) in [5.74, 6) is 0.0291. The Bertz CT molecular complexity index is 597. The van der Waals surface area contributed by atoms with Gasteiger partial charge in [0.15, 0.2) is 0 Å². The summed E-state index contributed by atoms with van der Waals surface area (Å²) >= 11 is 1.65. The predicted octanol–water partition coefficient (Wildman–Crippen LogP) is 2.03. The molecule has 1 aliphatic rings. The lowest BCUT2D eigenvalue weighted by atomic mass is 10.1. The van der Waals surface area contributed by atoms with Crippen molar-refractivity contribution in [3.63, 3.8) is 0 Å². The molecule has 0 saturated carbocycles. The van der Waals surface area contributed by atoms with Crippen LogP contribution in [0, 0.1) is 12.8 Å². The van der Waals surface area contributed by atoms with Gasteiger partial charge in [0.05, 0.1) is 6.54 Å². The van der Waals surface area contributed by atoms with E-state index in [2.05, 4.69) is 30.5 Å².